The van der Waals surface area contributed by atoms with E-state index in [9.17, 15) is 18.4 Å². The fourth-order valence-electron chi connectivity index (χ4n) is 2.89. The summed E-state index contributed by atoms with van der Waals surface area (Å²) in [6.45, 7) is 5.97. The van der Waals surface area contributed by atoms with Crippen LogP contribution in [0.5, 0.6) is 0 Å². The highest BCUT2D eigenvalue weighted by Crippen LogP contribution is 2.39. The van der Waals surface area contributed by atoms with Crippen LogP contribution < -0.4 is 10.5 Å². The van der Waals surface area contributed by atoms with Crippen molar-refractivity contribution in [3.63, 3.8) is 0 Å². The molecule has 0 fully saturated rings. The second-order valence-electron chi connectivity index (χ2n) is 7.86. The van der Waals surface area contributed by atoms with Gasteiger partial charge in [-0.25, -0.2) is 13.8 Å². The molecule has 0 bridgehead atoms. The van der Waals surface area contributed by atoms with Gasteiger partial charge in [0.25, 0.3) is 12.0 Å². The van der Waals surface area contributed by atoms with Crippen LogP contribution in [0.1, 0.15) is 61.2 Å². The minimum Gasteiger partial charge on any atom is -0.348 e. The molecule has 1 N–H and O–H groups in total. The number of ketones is 1. The third kappa shape index (κ3) is 5.21. The van der Waals surface area contributed by atoms with Crippen molar-refractivity contribution in [2.75, 3.05) is 19.0 Å². The minimum atomic E-state index is -2.53. The Hall–Kier alpha value is -2.57. The summed E-state index contributed by atoms with van der Waals surface area (Å²) in [6.07, 6.45) is -2.40. The maximum absolute atomic E-state index is 12.8. The summed E-state index contributed by atoms with van der Waals surface area (Å²) in [5.41, 5.74) is 0.169. The molecule has 2 aromatic rings. The summed E-state index contributed by atoms with van der Waals surface area (Å²) in [5.74, 6) is -0.165. The fraction of sp³-hybridized carbons (Fsp3) is 0.450. The molecule has 27 heavy (non-hydrogen) atoms. The number of aromatic amines is 1. The molecule has 0 saturated carbocycles. The van der Waals surface area contributed by atoms with Crippen LogP contribution in [0.2, 0.25) is 0 Å². The normalized spacial score (nSPS) is 12.9. The van der Waals surface area contributed by atoms with Crippen LogP contribution in [-0.4, -0.2) is 29.8 Å². The number of halogens is 2. The van der Waals surface area contributed by atoms with Gasteiger partial charge in [0.05, 0.1) is 0 Å². The first-order valence-electron chi connectivity index (χ1n) is 8.69. The van der Waals surface area contributed by atoms with E-state index in [1.54, 1.807) is 31.1 Å². The van der Waals surface area contributed by atoms with Crippen LogP contribution in [0.25, 0.3) is 0 Å². The average molecular weight is 377 g/mol. The van der Waals surface area contributed by atoms with Crippen molar-refractivity contribution < 1.29 is 13.6 Å². The topological polar surface area (TPSA) is 66.1 Å². The number of carbonyl (C=O) groups excluding carboxylic acids is 1. The van der Waals surface area contributed by atoms with E-state index in [0.29, 0.717) is 5.95 Å². The maximum Gasteiger partial charge on any atom is 0.263 e. The molecule has 0 spiro atoms. The minimum absolute atomic E-state index is 0.0513. The van der Waals surface area contributed by atoms with Crippen molar-refractivity contribution in [3.05, 3.63) is 57.5 Å². The zero-order valence-corrected chi connectivity index (χ0v) is 16.2. The molecule has 1 aromatic carbocycles. The van der Waals surface area contributed by atoms with Crippen LogP contribution in [-0.2, 0) is 0 Å². The Morgan fingerprint density at radius 1 is 1.15 bits per heavy atom. The third-order valence-corrected chi connectivity index (χ3v) is 4.46. The molecule has 1 heterocycles. The van der Waals surface area contributed by atoms with Crippen LogP contribution in [0.4, 0.5) is 14.7 Å². The number of carbonyl (C=O) groups is 1. The monoisotopic (exact) mass is 377 g/mol. The molecule has 0 aliphatic heterocycles. The van der Waals surface area contributed by atoms with E-state index in [1.165, 1.54) is 18.2 Å². The molecular weight excluding hydrogens is 352 g/mol. The molecular formula is C20H25F2N3O2. The number of aromatic nitrogens is 2. The maximum atomic E-state index is 12.8. The fourth-order valence-corrected chi connectivity index (χ4v) is 2.89. The summed E-state index contributed by atoms with van der Waals surface area (Å²) >= 11 is 0. The van der Waals surface area contributed by atoms with E-state index in [2.05, 4.69) is 9.97 Å². The number of benzene rings is 1. The molecule has 7 heteroatoms. The van der Waals surface area contributed by atoms with Gasteiger partial charge in [-0.05, 0) is 16.9 Å². The van der Waals surface area contributed by atoms with Crippen LogP contribution >= 0.6 is 0 Å². The summed E-state index contributed by atoms with van der Waals surface area (Å²) in [6, 6.07) is 7.25. The van der Waals surface area contributed by atoms with E-state index in [-0.39, 0.29) is 34.8 Å². The third-order valence-electron chi connectivity index (χ3n) is 4.46. The number of Topliss-reactive ketones (excluding diaryl/α,β-unsaturated/α-hetero) is 1. The lowest BCUT2D eigenvalue weighted by molar-refractivity contribution is 0.0945. The van der Waals surface area contributed by atoms with Crippen molar-refractivity contribution >= 4 is 11.7 Å². The Balaban J connectivity index is 2.34. The van der Waals surface area contributed by atoms with E-state index in [1.807, 2.05) is 20.8 Å². The number of hydrogen-bond acceptors (Lipinski definition) is 4. The Morgan fingerprint density at radius 2 is 1.70 bits per heavy atom. The van der Waals surface area contributed by atoms with Gasteiger partial charge in [0.15, 0.2) is 5.78 Å². The van der Waals surface area contributed by atoms with Crippen LogP contribution in [0.3, 0.4) is 0 Å². The highest BCUT2D eigenvalue weighted by atomic mass is 19.3. The zero-order chi connectivity index (χ0) is 20.4. The van der Waals surface area contributed by atoms with Gasteiger partial charge in [-0.1, -0.05) is 45.0 Å². The number of H-pyrrole nitrogens is 1. The molecule has 0 amide bonds. The predicted molar refractivity (Wildman–Crippen MR) is 102 cm³/mol. The van der Waals surface area contributed by atoms with Crippen molar-refractivity contribution in [2.24, 2.45) is 5.41 Å². The Bertz CT molecular complexity index is 853. The summed E-state index contributed by atoms with van der Waals surface area (Å²) in [7, 11) is 3.43. The van der Waals surface area contributed by atoms with Gasteiger partial charge in [0.1, 0.15) is 5.69 Å². The van der Waals surface area contributed by atoms with E-state index in [0.717, 1.165) is 5.56 Å². The second-order valence-corrected chi connectivity index (χ2v) is 7.86. The molecule has 146 valence electrons. The van der Waals surface area contributed by atoms with Gasteiger partial charge in [-0.2, -0.15) is 0 Å². The smallest absolute Gasteiger partial charge is 0.263 e. The first-order valence-corrected chi connectivity index (χ1v) is 8.69. The molecule has 2 rings (SSSR count). The molecule has 0 unspecified atom stereocenters. The Kier molecular flexibility index (Phi) is 6.13. The molecule has 5 nitrogen and oxygen atoms in total. The summed E-state index contributed by atoms with van der Waals surface area (Å²) in [5, 5.41) is 0. The van der Waals surface area contributed by atoms with Crippen molar-refractivity contribution in [1.82, 2.24) is 9.97 Å². The summed E-state index contributed by atoms with van der Waals surface area (Å²) < 4.78 is 25.6. The highest BCUT2D eigenvalue weighted by molar-refractivity contribution is 5.95. The first-order chi connectivity index (χ1) is 12.5. The zero-order valence-electron chi connectivity index (χ0n) is 16.2. The van der Waals surface area contributed by atoms with Crippen molar-refractivity contribution in [3.8, 4) is 0 Å². The SMILES string of the molecule is CN(C)c1nc(C(=O)C[C@@H](c2ccc(C(F)F)cc2)C(C)(C)C)cc(=O)[nH]1. The highest BCUT2D eigenvalue weighted by Gasteiger charge is 2.29. The van der Waals surface area contributed by atoms with Crippen LogP contribution in [0.15, 0.2) is 35.1 Å². The first kappa shape index (κ1) is 20.7. The Morgan fingerprint density at radius 3 is 2.19 bits per heavy atom. The number of anilines is 1. The molecule has 0 aliphatic rings. The lowest BCUT2D eigenvalue weighted by atomic mass is 9.73. The van der Waals surface area contributed by atoms with Crippen LogP contribution in [0, 0.1) is 5.41 Å². The lowest BCUT2D eigenvalue weighted by Crippen LogP contribution is -2.24. The number of hydrogen-bond donors (Lipinski definition) is 1. The number of nitrogens with zero attached hydrogens (tertiary/aromatic N) is 2. The van der Waals surface area contributed by atoms with Gasteiger partial charge >= 0.3 is 0 Å². The van der Waals surface area contributed by atoms with E-state index >= 15 is 0 Å². The van der Waals surface area contributed by atoms with Crippen molar-refractivity contribution in [1.29, 1.82) is 0 Å². The Labute approximate surface area is 157 Å². The van der Waals surface area contributed by atoms with Gasteiger partial charge in [-0.15, -0.1) is 0 Å². The molecule has 1 atom stereocenters. The summed E-state index contributed by atoms with van der Waals surface area (Å²) in [4.78, 5) is 33.1. The number of rotatable bonds is 6. The predicted octanol–water partition coefficient (Wildman–Crippen LogP) is 4.18. The number of nitrogens with one attached hydrogen (secondary N) is 1. The van der Waals surface area contributed by atoms with Gasteiger partial charge in [0, 0.05) is 32.1 Å². The molecule has 1 aromatic heterocycles. The molecule has 0 aliphatic carbocycles. The van der Waals surface area contributed by atoms with Gasteiger partial charge < -0.3 is 4.90 Å². The van der Waals surface area contributed by atoms with Crippen molar-refractivity contribution in [2.45, 2.75) is 39.5 Å². The quantitative estimate of drug-likeness (QED) is 0.767. The number of alkyl halides is 2. The second kappa shape index (κ2) is 7.98. The van der Waals surface area contributed by atoms with E-state index in [4.69, 9.17) is 0 Å². The largest absolute Gasteiger partial charge is 0.348 e. The standard InChI is InChI=1S/C20H25F2N3O2/c1-20(2,3)14(12-6-8-13(9-7-12)18(21)22)10-16(26)15-11-17(27)24-19(23-15)25(4)5/h6-9,11,14,18H,10H2,1-5H3,(H,23,24,27)/t14-/m0/s1. The van der Waals surface area contributed by atoms with Gasteiger partial charge in [-0.3, -0.25) is 14.6 Å². The molecule has 0 radical (unpaired) electrons. The lowest BCUT2D eigenvalue weighted by Gasteiger charge is -2.31. The van der Waals surface area contributed by atoms with Gasteiger partial charge in [0.2, 0.25) is 5.95 Å². The average Bonchev–Trinajstić information content (AvgIpc) is 2.58. The van der Waals surface area contributed by atoms with E-state index < -0.39 is 12.0 Å². The molecule has 0 saturated heterocycles.